The standard InChI is InChI=1S/C31H27N5O5S/c1-40-27-15-11-22(12-16-27)30-24(21-36(34-30)26-8-4-3-5-9-26)20-32-33-31(37)23-7-6-10-29(19-23)42(38,39)35-25-13-17-28(41-2)18-14-25/h3-21,35H,1-2H3,(H,33,37)/b32-20+. The van der Waals surface area contributed by atoms with E-state index >= 15 is 0 Å². The van der Waals surface area contributed by atoms with Gasteiger partial charge in [-0.15, -0.1) is 0 Å². The van der Waals surface area contributed by atoms with E-state index < -0.39 is 15.9 Å². The van der Waals surface area contributed by atoms with E-state index in [1.165, 1.54) is 37.6 Å². The molecule has 0 aliphatic rings. The summed E-state index contributed by atoms with van der Waals surface area (Å²) in [7, 11) is -0.822. The van der Waals surface area contributed by atoms with Gasteiger partial charge in [0.05, 0.1) is 31.0 Å². The Morgan fingerprint density at radius 1 is 0.857 bits per heavy atom. The number of nitrogens with zero attached hydrogens (tertiary/aromatic N) is 3. The Morgan fingerprint density at radius 3 is 2.19 bits per heavy atom. The van der Waals surface area contributed by atoms with Crippen molar-refractivity contribution in [2.75, 3.05) is 18.9 Å². The third-order valence-corrected chi connectivity index (χ3v) is 7.62. The predicted molar refractivity (Wildman–Crippen MR) is 161 cm³/mol. The highest BCUT2D eigenvalue weighted by molar-refractivity contribution is 7.92. The molecule has 0 radical (unpaired) electrons. The molecule has 1 amide bonds. The van der Waals surface area contributed by atoms with E-state index in [9.17, 15) is 13.2 Å². The van der Waals surface area contributed by atoms with Crippen LogP contribution in [0.4, 0.5) is 5.69 Å². The molecular weight excluding hydrogens is 554 g/mol. The van der Waals surface area contributed by atoms with Gasteiger partial charge in [-0.2, -0.15) is 10.2 Å². The van der Waals surface area contributed by atoms with Gasteiger partial charge in [-0.05, 0) is 78.9 Å². The van der Waals surface area contributed by atoms with Crippen molar-refractivity contribution < 1.29 is 22.7 Å². The second-order valence-electron chi connectivity index (χ2n) is 9.00. The van der Waals surface area contributed by atoms with E-state index in [1.54, 1.807) is 36.1 Å². The molecular formula is C31H27N5O5S. The molecule has 0 saturated heterocycles. The number of ether oxygens (including phenoxy) is 2. The zero-order chi connectivity index (χ0) is 29.5. The summed E-state index contributed by atoms with van der Waals surface area (Å²) >= 11 is 0. The number of nitrogens with one attached hydrogen (secondary N) is 2. The molecule has 2 N–H and O–H groups in total. The number of hydrogen-bond donors (Lipinski definition) is 2. The number of rotatable bonds is 10. The van der Waals surface area contributed by atoms with Crippen molar-refractivity contribution in [3.8, 4) is 28.4 Å². The minimum Gasteiger partial charge on any atom is -0.497 e. The molecule has 0 saturated carbocycles. The van der Waals surface area contributed by atoms with Gasteiger partial charge in [0.1, 0.15) is 17.2 Å². The summed E-state index contributed by atoms with van der Waals surface area (Å²) in [6, 6.07) is 29.2. The van der Waals surface area contributed by atoms with E-state index in [-0.39, 0.29) is 10.5 Å². The fourth-order valence-corrected chi connectivity index (χ4v) is 5.17. The van der Waals surface area contributed by atoms with Gasteiger partial charge in [-0.25, -0.2) is 18.5 Å². The molecule has 10 nitrogen and oxygen atoms in total. The third kappa shape index (κ3) is 6.48. The number of benzene rings is 4. The van der Waals surface area contributed by atoms with Gasteiger partial charge in [0.2, 0.25) is 0 Å². The van der Waals surface area contributed by atoms with Gasteiger partial charge in [0.15, 0.2) is 0 Å². The van der Waals surface area contributed by atoms with Crippen LogP contribution in [-0.4, -0.2) is 44.5 Å². The second-order valence-corrected chi connectivity index (χ2v) is 10.7. The summed E-state index contributed by atoms with van der Waals surface area (Å²) in [6.45, 7) is 0. The highest BCUT2D eigenvalue weighted by atomic mass is 32.2. The van der Waals surface area contributed by atoms with Gasteiger partial charge < -0.3 is 9.47 Å². The number of sulfonamides is 1. The largest absolute Gasteiger partial charge is 0.497 e. The quantitative estimate of drug-likeness (QED) is 0.174. The summed E-state index contributed by atoms with van der Waals surface area (Å²) in [4.78, 5) is 12.8. The number of anilines is 1. The van der Waals surface area contributed by atoms with Crippen molar-refractivity contribution in [3.05, 3.63) is 120 Å². The topological polar surface area (TPSA) is 124 Å². The summed E-state index contributed by atoms with van der Waals surface area (Å²) in [5.41, 5.74) is 5.96. The molecule has 0 fully saturated rings. The van der Waals surface area contributed by atoms with Crippen molar-refractivity contribution >= 4 is 27.8 Å². The Labute approximate surface area is 243 Å². The molecule has 0 atom stereocenters. The Kier molecular flexibility index (Phi) is 8.30. The zero-order valence-corrected chi connectivity index (χ0v) is 23.6. The van der Waals surface area contributed by atoms with Gasteiger partial charge in [-0.3, -0.25) is 9.52 Å². The van der Waals surface area contributed by atoms with Crippen LogP contribution in [0.5, 0.6) is 11.5 Å². The molecule has 0 spiro atoms. The average molecular weight is 582 g/mol. The molecule has 0 bridgehead atoms. The minimum absolute atomic E-state index is 0.0686. The fraction of sp³-hybridized carbons (Fsp3) is 0.0645. The summed E-state index contributed by atoms with van der Waals surface area (Å²) in [6.07, 6.45) is 3.30. The van der Waals surface area contributed by atoms with Crippen LogP contribution < -0.4 is 19.6 Å². The van der Waals surface area contributed by atoms with Crippen LogP contribution in [0.1, 0.15) is 15.9 Å². The van der Waals surface area contributed by atoms with Gasteiger partial charge in [0, 0.05) is 28.6 Å². The Morgan fingerprint density at radius 2 is 1.52 bits per heavy atom. The average Bonchev–Trinajstić information content (AvgIpc) is 3.46. The number of amides is 1. The molecule has 1 aromatic heterocycles. The first-order valence-corrected chi connectivity index (χ1v) is 14.2. The molecule has 4 aromatic carbocycles. The Balaban J connectivity index is 1.35. The maximum absolute atomic E-state index is 12.9. The number of methoxy groups -OCH3 is 2. The molecule has 5 aromatic rings. The predicted octanol–water partition coefficient (Wildman–Crippen LogP) is 5.12. The second kappa shape index (κ2) is 12.4. The highest BCUT2D eigenvalue weighted by Crippen LogP contribution is 2.25. The highest BCUT2D eigenvalue weighted by Gasteiger charge is 2.17. The number of hydrogen-bond acceptors (Lipinski definition) is 7. The van der Waals surface area contributed by atoms with E-state index in [2.05, 4.69) is 15.2 Å². The monoisotopic (exact) mass is 581 g/mol. The first-order valence-electron chi connectivity index (χ1n) is 12.8. The van der Waals surface area contributed by atoms with Crippen molar-refractivity contribution in [2.45, 2.75) is 4.90 Å². The van der Waals surface area contributed by atoms with E-state index in [1.807, 2.05) is 60.8 Å². The molecule has 212 valence electrons. The summed E-state index contributed by atoms with van der Waals surface area (Å²) in [5.74, 6) is 0.738. The van der Waals surface area contributed by atoms with Crippen LogP contribution in [0.15, 0.2) is 119 Å². The number of carbonyl (C=O) groups is 1. The summed E-state index contributed by atoms with van der Waals surface area (Å²) in [5, 5.41) is 8.88. The SMILES string of the molecule is COc1ccc(NS(=O)(=O)c2cccc(C(=O)N/N=C/c3cn(-c4ccccc4)nc3-c3ccc(OC)cc3)c2)cc1. The lowest BCUT2D eigenvalue weighted by Crippen LogP contribution is -2.19. The molecule has 0 aliphatic carbocycles. The number of aromatic nitrogens is 2. The summed E-state index contributed by atoms with van der Waals surface area (Å²) < 4.78 is 40.5. The first kappa shape index (κ1) is 28.1. The Bertz CT molecular complexity index is 1820. The third-order valence-electron chi connectivity index (χ3n) is 6.25. The van der Waals surface area contributed by atoms with Crippen LogP contribution in [0.25, 0.3) is 16.9 Å². The van der Waals surface area contributed by atoms with Crippen molar-refractivity contribution in [2.24, 2.45) is 5.10 Å². The smallest absolute Gasteiger partial charge is 0.271 e. The van der Waals surface area contributed by atoms with Gasteiger partial charge in [-0.1, -0.05) is 24.3 Å². The van der Waals surface area contributed by atoms with Crippen LogP contribution in [0.3, 0.4) is 0 Å². The molecule has 42 heavy (non-hydrogen) atoms. The molecule has 0 unspecified atom stereocenters. The van der Waals surface area contributed by atoms with E-state index in [0.29, 0.717) is 28.4 Å². The molecule has 1 heterocycles. The normalized spacial score (nSPS) is 11.3. The van der Waals surface area contributed by atoms with E-state index in [4.69, 9.17) is 14.6 Å². The van der Waals surface area contributed by atoms with Crippen molar-refractivity contribution in [1.29, 1.82) is 0 Å². The van der Waals surface area contributed by atoms with Crippen molar-refractivity contribution in [1.82, 2.24) is 15.2 Å². The zero-order valence-electron chi connectivity index (χ0n) is 22.8. The molecule has 0 aliphatic heterocycles. The fourth-order valence-electron chi connectivity index (χ4n) is 4.07. The Hall–Kier alpha value is -5.42. The minimum atomic E-state index is -3.95. The number of para-hydroxylation sites is 1. The number of hydrazone groups is 1. The molecule has 11 heteroatoms. The maximum Gasteiger partial charge on any atom is 0.271 e. The lowest BCUT2D eigenvalue weighted by Gasteiger charge is -2.09. The van der Waals surface area contributed by atoms with Crippen LogP contribution in [0.2, 0.25) is 0 Å². The van der Waals surface area contributed by atoms with Crippen LogP contribution in [0, 0.1) is 0 Å². The van der Waals surface area contributed by atoms with Gasteiger partial charge in [0.25, 0.3) is 15.9 Å². The van der Waals surface area contributed by atoms with Crippen LogP contribution >= 0.6 is 0 Å². The van der Waals surface area contributed by atoms with Crippen molar-refractivity contribution in [3.63, 3.8) is 0 Å². The van der Waals surface area contributed by atoms with Gasteiger partial charge >= 0.3 is 0 Å². The molecule has 5 rings (SSSR count). The lowest BCUT2D eigenvalue weighted by molar-refractivity contribution is 0.0955. The van der Waals surface area contributed by atoms with Crippen LogP contribution in [-0.2, 0) is 10.0 Å². The maximum atomic E-state index is 12.9. The number of carbonyl (C=O) groups excluding carboxylic acids is 1. The lowest BCUT2D eigenvalue weighted by atomic mass is 10.1. The van der Waals surface area contributed by atoms with E-state index in [0.717, 1.165) is 11.3 Å². The first-order chi connectivity index (χ1) is 20.4.